The lowest BCUT2D eigenvalue weighted by Crippen LogP contribution is -2.46. The number of hydrogen-bond acceptors (Lipinski definition) is 3. The number of carbonyl (C=O) groups excluding carboxylic acids is 2. The Morgan fingerprint density at radius 2 is 1.76 bits per heavy atom. The predicted octanol–water partition coefficient (Wildman–Crippen LogP) is 3.98. The average Bonchev–Trinajstić information content (AvgIpc) is 2.67. The van der Waals surface area contributed by atoms with Crippen molar-refractivity contribution < 1.29 is 27.5 Å². The fraction of sp³-hybridized carbons (Fsp3) is 0.200. The molecule has 0 fully saturated rings. The number of allylic oxidation sites excluding steroid dienone is 1. The second-order valence-corrected chi connectivity index (χ2v) is 6.34. The highest BCUT2D eigenvalue weighted by molar-refractivity contribution is 6.07. The van der Waals surface area contributed by atoms with Gasteiger partial charge >= 0.3 is 12.2 Å². The average molecular weight is 405 g/mol. The first-order valence-electron chi connectivity index (χ1n) is 8.60. The Bertz CT molecular complexity index is 969. The Kier molecular flexibility index (Phi) is 5.49. The van der Waals surface area contributed by atoms with E-state index in [2.05, 4.69) is 16.0 Å². The smallest absolute Gasteiger partial charge is 0.418 e. The second kappa shape index (κ2) is 7.86. The first-order chi connectivity index (χ1) is 13.7. The number of amides is 3. The van der Waals surface area contributed by atoms with Gasteiger partial charge in [-0.15, -0.1) is 0 Å². The van der Waals surface area contributed by atoms with Crippen molar-refractivity contribution in [3.63, 3.8) is 0 Å². The third kappa shape index (κ3) is 4.34. The summed E-state index contributed by atoms with van der Waals surface area (Å²) in [6, 6.07) is 9.99. The molecule has 0 saturated heterocycles. The third-order valence-corrected chi connectivity index (χ3v) is 4.44. The van der Waals surface area contributed by atoms with Crippen molar-refractivity contribution in [1.29, 1.82) is 0 Å². The molecule has 3 N–H and O–H groups in total. The maximum absolute atomic E-state index is 13.2. The number of ether oxygens (including phenoxy) is 1. The maximum Gasteiger partial charge on any atom is 0.418 e. The largest absolute Gasteiger partial charge is 0.497 e. The molecule has 0 radical (unpaired) electrons. The molecule has 152 valence electrons. The van der Waals surface area contributed by atoms with Gasteiger partial charge in [0.25, 0.3) is 5.91 Å². The highest BCUT2D eigenvalue weighted by atomic mass is 19.4. The Labute approximate surface area is 164 Å². The zero-order valence-electron chi connectivity index (χ0n) is 15.6. The number of para-hydroxylation sites is 1. The number of urea groups is 1. The topological polar surface area (TPSA) is 79.5 Å². The van der Waals surface area contributed by atoms with E-state index in [1.165, 1.54) is 32.2 Å². The van der Waals surface area contributed by atoms with E-state index >= 15 is 0 Å². The van der Waals surface area contributed by atoms with Crippen molar-refractivity contribution in [2.24, 2.45) is 0 Å². The predicted molar refractivity (Wildman–Crippen MR) is 100 cm³/mol. The number of anilines is 1. The zero-order valence-corrected chi connectivity index (χ0v) is 15.6. The van der Waals surface area contributed by atoms with Gasteiger partial charge in [0.2, 0.25) is 0 Å². The van der Waals surface area contributed by atoms with Crippen LogP contribution in [-0.2, 0) is 11.0 Å². The number of hydrogen-bond donors (Lipinski definition) is 3. The van der Waals surface area contributed by atoms with Gasteiger partial charge in [-0.25, -0.2) is 4.79 Å². The van der Waals surface area contributed by atoms with Crippen LogP contribution in [0.25, 0.3) is 0 Å². The highest BCUT2D eigenvalue weighted by Gasteiger charge is 2.35. The minimum absolute atomic E-state index is 0.103. The summed E-state index contributed by atoms with van der Waals surface area (Å²) in [5, 5.41) is 7.44. The molecule has 3 rings (SSSR count). The van der Waals surface area contributed by atoms with Crippen LogP contribution in [0.5, 0.6) is 5.75 Å². The Balaban J connectivity index is 1.96. The van der Waals surface area contributed by atoms with Crippen molar-refractivity contribution in [2.45, 2.75) is 19.1 Å². The van der Waals surface area contributed by atoms with Gasteiger partial charge in [-0.05, 0) is 36.8 Å². The molecule has 1 heterocycles. The fourth-order valence-electron chi connectivity index (χ4n) is 3.07. The van der Waals surface area contributed by atoms with Crippen molar-refractivity contribution in [3.05, 3.63) is 70.9 Å². The van der Waals surface area contributed by atoms with E-state index in [4.69, 9.17) is 4.74 Å². The monoisotopic (exact) mass is 405 g/mol. The first-order valence-corrected chi connectivity index (χ1v) is 8.60. The molecule has 0 bridgehead atoms. The highest BCUT2D eigenvalue weighted by Crippen LogP contribution is 2.35. The molecule has 0 saturated carbocycles. The van der Waals surface area contributed by atoms with Crippen molar-refractivity contribution in [2.75, 3.05) is 12.4 Å². The maximum atomic E-state index is 13.2. The fourth-order valence-corrected chi connectivity index (χ4v) is 3.07. The van der Waals surface area contributed by atoms with E-state index in [1.807, 2.05) is 0 Å². The molecule has 2 aromatic carbocycles. The van der Waals surface area contributed by atoms with Gasteiger partial charge in [-0.1, -0.05) is 24.3 Å². The van der Waals surface area contributed by atoms with Crippen LogP contribution in [0.4, 0.5) is 23.7 Å². The number of nitrogens with one attached hydrogen (secondary N) is 3. The lowest BCUT2D eigenvalue weighted by molar-refractivity contribution is -0.137. The normalized spacial score (nSPS) is 16.7. The Morgan fingerprint density at radius 1 is 1.10 bits per heavy atom. The standard InChI is InChI=1S/C20H18F3N3O3/c1-11-16(18(27)25-15-6-4-3-5-14(15)20(21,22)23)17(26-19(28)24-11)12-7-9-13(29-2)10-8-12/h3-10,17H,1-2H3,(H,25,27)(H2,24,26,28)/t17-/m0/s1. The summed E-state index contributed by atoms with van der Waals surface area (Å²) >= 11 is 0. The molecule has 6 nitrogen and oxygen atoms in total. The quantitative estimate of drug-likeness (QED) is 0.720. The number of benzene rings is 2. The summed E-state index contributed by atoms with van der Waals surface area (Å²) in [6.45, 7) is 1.51. The SMILES string of the molecule is COc1ccc([C@@H]2NC(=O)NC(C)=C2C(=O)Nc2ccccc2C(F)(F)F)cc1. The van der Waals surface area contributed by atoms with Gasteiger partial charge in [0, 0.05) is 5.70 Å². The molecule has 0 unspecified atom stereocenters. The van der Waals surface area contributed by atoms with Gasteiger partial charge in [0.1, 0.15) is 5.75 Å². The van der Waals surface area contributed by atoms with Crippen molar-refractivity contribution >= 4 is 17.6 Å². The molecular formula is C20H18F3N3O3. The number of alkyl halides is 3. The van der Waals surface area contributed by atoms with Crippen LogP contribution in [-0.4, -0.2) is 19.0 Å². The second-order valence-electron chi connectivity index (χ2n) is 6.34. The molecule has 29 heavy (non-hydrogen) atoms. The Hall–Kier alpha value is -3.49. The molecule has 1 aliphatic heterocycles. The van der Waals surface area contributed by atoms with Crippen LogP contribution in [0, 0.1) is 0 Å². The van der Waals surface area contributed by atoms with Crippen LogP contribution < -0.4 is 20.7 Å². The van der Waals surface area contributed by atoms with E-state index in [0.29, 0.717) is 11.3 Å². The van der Waals surface area contributed by atoms with Gasteiger partial charge in [-0.2, -0.15) is 13.2 Å². The minimum Gasteiger partial charge on any atom is -0.497 e. The van der Waals surface area contributed by atoms with Crippen LogP contribution in [0.1, 0.15) is 24.1 Å². The third-order valence-electron chi connectivity index (χ3n) is 4.44. The van der Waals surface area contributed by atoms with E-state index in [9.17, 15) is 22.8 Å². The molecule has 1 aliphatic rings. The molecule has 1 atom stereocenters. The van der Waals surface area contributed by atoms with E-state index in [1.54, 1.807) is 24.3 Å². The minimum atomic E-state index is -4.62. The molecule has 3 amide bonds. The summed E-state index contributed by atoms with van der Waals surface area (Å²) in [5.74, 6) is -0.174. The lowest BCUT2D eigenvalue weighted by atomic mass is 9.94. The van der Waals surface area contributed by atoms with Gasteiger partial charge in [-0.3, -0.25) is 4.79 Å². The van der Waals surface area contributed by atoms with Crippen molar-refractivity contribution in [1.82, 2.24) is 10.6 Å². The summed E-state index contributed by atoms with van der Waals surface area (Å²) < 4.78 is 44.8. The molecule has 0 aliphatic carbocycles. The zero-order chi connectivity index (χ0) is 21.2. The molecule has 9 heteroatoms. The van der Waals surface area contributed by atoms with E-state index in [0.717, 1.165) is 6.07 Å². The number of carbonyl (C=O) groups is 2. The summed E-state index contributed by atoms with van der Waals surface area (Å²) in [4.78, 5) is 24.8. The van der Waals surface area contributed by atoms with Gasteiger partial charge < -0.3 is 20.7 Å². The van der Waals surface area contributed by atoms with Crippen molar-refractivity contribution in [3.8, 4) is 5.75 Å². The number of methoxy groups -OCH3 is 1. The van der Waals surface area contributed by atoms with Gasteiger partial charge in [0.15, 0.2) is 0 Å². The number of rotatable bonds is 4. The van der Waals surface area contributed by atoms with Crippen LogP contribution in [0.2, 0.25) is 0 Å². The van der Waals surface area contributed by atoms with Crippen LogP contribution in [0.15, 0.2) is 59.8 Å². The summed E-state index contributed by atoms with van der Waals surface area (Å²) in [6.07, 6.45) is -4.62. The van der Waals surface area contributed by atoms with E-state index < -0.39 is 29.7 Å². The summed E-state index contributed by atoms with van der Waals surface area (Å²) in [5.41, 5.74) is -0.395. The van der Waals surface area contributed by atoms with Crippen LogP contribution in [0.3, 0.4) is 0 Å². The summed E-state index contributed by atoms with van der Waals surface area (Å²) in [7, 11) is 1.50. The lowest BCUT2D eigenvalue weighted by Gasteiger charge is -2.29. The molecule has 0 spiro atoms. The van der Waals surface area contributed by atoms with Crippen LogP contribution >= 0.6 is 0 Å². The molecule has 0 aromatic heterocycles. The van der Waals surface area contributed by atoms with E-state index in [-0.39, 0.29) is 17.0 Å². The van der Waals surface area contributed by atoms with Gasteiger partial charge in [0.05, 0.1) is 30.0 Å². The number of halogens is 3. The molecular weight excluding hydrogens is 387 g/mol. The Morgan fingerprint density at radius 3 is 2.38 bits per heavy atom. The first kappa shape index (κ1) is 20.2. The molecule has 2 aromatic rings.